The summed E-state index contributed by atoms with van der Waals surface area (Å²) in [7, 11) is -7.21. The summed E-state index contributed by atoms with van der Waals surface area (Å²) in [6, 6.07) is 6.27. The van der Waals surface area contributed by atoms with E-state index in [1.54, 1.807) is 12.1 Å². The molecule has 0 bridgehead atoms. The number of amides is 1. The van der Waals surface area contributed by atoms with Crippen LogP contribution in [0.4, 0.5) is 0 Å². The molecule has 0 aromatic heterocycles. The van der Waals surface area contributed by atoms with Gasteiger partial charge < -0.3 is 10.1 Å². The zero-order valence-corrected chi connectivity index (χ0v) is 18.5. The molecule has 2 fully saturated rings. The van der Waals surface area contributed by atoms with Crippen molar-refractivity contribution in [3.05, 3.63) is 41.8 Å². The summed E-state index contributed by atoms with van der Waals surface area (Å²) in [6.07, 6.45) is 0.727. The maximum atomic E-state index is 12.9. The monoisotopic (exact) mass is 457 g/mol. The third-order valence-electron chi connectivity index (χ3n) is 5.25. The minimum Gasteiger partial charge on any atom is -0.376 e. The second kappa shape index (κ2) is 8.75. The van der Waals surface area contributed by atoms with E-state index in [-0.39, 0.29) is 41.8 Å². The average molecular weight is 458 g/mol. The highest BCUT2D eigenvalue weighted by molar-refractivity contribution is 7.92. The fraction of sp³-hybridized carbons (Fsp3) is 0.526. The van der Waals surface area contributed by atoms with E-state index in [0.717, 1.165) is 5.41 Å². The first-order chi connectivity index (χ1) is 14.0. The molecular formula is C19H27N3O6S2. The molecule has 2 N–H and O–H groups in total. The second-order valence-corrected chi connectivity index (χ2v) is 11.7. The summed E-state index contributed by atoms with van der Waals surface area (Å²) in [4.78, 5) is 12.3. The molecule has 0 radical (unpaired) electrons. The topological polar surface area (TPSA) is 122 Å². The minimum absolute atomic E-state index is 0.102. The van der Waals surface area contributed by atoms with Crippen molar-refractivity contribution in [2.45, 2.75) is 30.2 Å². The molecular weight excluding hydrogens is 430 g/mol. The van der Waals surface area contributed by atoms with E-state index in [1.165, 1.54) is 16.4 Å². The van der Waals surface area contributed by atoms with E-state index in [0.29, 0.717) is 31.7 Å². The summed E-state index contributed by atoms with van der Waals surface area (Å²) in [5.41, 5.74) is 0.389. The van der Waals surface area contributed by atoms with Gasteiger partial charge in [-0.1, -0.05) is 18.7 Å². The van der Waals surface area contributed by atoms with E-state index in [9.17, 15) is 21.6 Å². The van der Waals surface area contributed by atoms with E-state index < -0.39 is 20.0 Å². The summed E-state index contributed by atoms with van der Waals surface area (Å²) in [5.74, 6) is -0.241. The number of nitrogens with one attached hydrogen (secondary N) is 2. The predicted molar refractivity (Wildman–Crippen MR) is 111 cm³/mol. The SMILES string of the molecule is C=CS(=O)(=O)NCC1CCN(S(=O)(=O)c2ccc(CC(=O)NC3(C)COC3)cc2)C1. The van der Waals surface area contributed by atoms with Gasteiger partial charge in [0.1, 0.15) is 0 Å². The average Bonchev–Trinajstić information content (AvgIpc) is 3.16. The first kappa shape index (κ1) is 22.9. The summed E-state index contributed by atoms with van der Waals surface area (Å²) in [5, 5.41) is 3.75. The van der Waals surface area contributed by atoms with Crippen LogP contribution in [-0.4, -0.2) is 65.4 Å². The minimum atomic E-state index is -3.68. The molecule has 11 heteroatoms. The molecule has 2 aliphatic heterocycles. The van der Waals surface area contributed by atoms with E-state index >= 15 is 0 Å². The molecule has 2 saturated heterocycles. The maximum Gasteiger partial charge on any atom is 0.243 e. The molecule has 3 rings (SSSR count). The van der Waals surface area contributed by atoms with Crippen molar-refractivity contribution in [1.82, 2.24) is 14.3 Å². The van der Waals surface area contributed by atoms with Crippen molar-refractivity contribution in [1.29, 1.82) is 0 Å². The van der Waals surface area contributed by atoms with Gasteiger partial charge >= 0.3 is 0 Å². The molecule has 0 aliphatic carbocycles. The smallest absolute Gasteiger partial charge is 0.243 e. The molecule has 1 aromatic rings. The number of carbonyl (C=O) groups excluding carboxylic acids is 1. The lowest BCUT2D eigenvalue weighted by atomic mass is 10.00. The van der Waals surface area contributed by atoms with Crippen LogP contribution in [0.2, 0.25) is 0 Å². The third-order valence-corrected chi connectivity index (χ3v) is 8.14. The molecule has 1 amide bonds. The molecule has 1 unspecified atom stereocenters. The largest absolute Gasteiger partial charge is 0.376 e. The Morgan fingerprint density at radius 3 is 2.50 bits per heavy atom. The molecule has 1 aromatic carbocycles. The van der Waals surface area contributed by atoms with E-state index in [1.807, 2.05) is 6.92 Å². The Bertz CT molecular complexity index is 1000. The first-order valence-corrected chi connectivity index (χ1v) is 12.6. The number of hydrogen-bond acceptors (Lipinski definition) is 6. The van der Waals surface area contributed by atoms with Gasteiger partial charge in [-0.3, -0.25) is 4.79 Å². The Kier molecular flexibility index (Phi) is 6.68. The van der Waals surface area contributed by atoms with Gasteiger partial charge in [0.2, 0.25) is 26.0 Å². The van der Waals surface area contributed by atoms with Gasteiger partial charge in [0, 0.05) is 25.0 Å². The van der Waals surface area contributed by atoms with Crippen molar-refractivity contribution >= 4 is 26.0 Å². The highest BCUT2D eigenvalue weighted by Gasteiger charge is 2.35. The second-order valence-electron chi connectivity index (χ2n) is 8.00. The standard InChI is InChI=1S/C19H27N3O6S2/c1-3-29(24,25)20-11-16-8-9-22(12-16)30(26,27)17-6-4-15(5-7-17)10-18(23)21-19(2)13-28-14-19/h3-7,16,20H,1,8-14H2,2H3,(H,21,23). The van der Waals surface area contributed by atoms with Crippen LogP contribution in [0.3, 0.4) is 0 Å². The van der Waals surface area contributed by atoms with Gasteiger partial charge in [0.25, 0.3) is 0 Å². The first-order valence-electron chi connectivity index (χ1n) is 9.63. The van der Waals surface area contributed by atoms with Crippen molar-refractivity contribution in [2.24, 2.45) is 5.92 Å². The highest BCUT2D eigenvalue weighted by Crippen LogP contribution is 2.24. The van der Waals surface area contributed by atoms with Crippen LogP contribution < -0.4 is 10.0 Å². The quantitative estimate of drug-likeness (QED) is 0.547. The van der Waals surface area contributed by atoms with Gasteiger partial charge in [-0.05, 0) is 37.0 Å². The Hall–Kier alpha value is -1.79. The number of nitrogens with zero attached hydrogens (tertiary/aromatic N) is 1. The van der Waals surface area contributed by atoms with Crippen LogP contribution in [0.1, 0.15) is 18.9 Å². The van der Waals surface area contributed by atoms with E-state index in [2.05, 4.69) is 16.6 Å². The predicted octanol–water partition coefficient (Wildman–Crippen LogP) is 0.208. The van der Waals surface area contributed by atoms with Crippen LogP contribution in [0.15, 0.2) is 41.1 Å². The Labute approximate surface area is 177 Å². The third kappa shape index (κ3) is 5.46. The fourth-order valence-corrected chi connectivity index (χ4v) is 5.57. The number of ether oxygens (including phenoxy) is 1. The zero-order chi connectivity index (χ0) is 22.0. The van der Waals surface area contributed by atoms with Crippen LogP contribution in [-0.2, 0) is 36.0 Å². The molecule has 1 atom stereocenters. The molecule has 166 valence electrons. The fourth-order valence-electron chi connectivity index (χ4n) is 3.45. The van der Waals surface area contributed by atoms with Gasteiger partial charge in [-0.15, -0.1) is 0 Å². The van der Waals surface area contributed by atoms with Crippen LogP contribution in [0, 0.1) is 5.92 Å². The molecule has 2 aliphatic rings. The van der Waals surface area contributed by atoms with Gasteiger partial charge in [-0.2, -0.15) is 4.31 Å². The maximum absolute atomic E-state index is 12.9. The van der Waals surface area contributed by atoms with Crippen molar-refractivity contribution < 1.29 is 26.4 Å². The zero-order valence-electron chi connectivity index (χ0n) is 16.8. The molecule has 0 spiro atoms. The van der Waals surface area contributed by atoms with Gasteiger partial charge in [-0.25, -0.2) is 21.6 Å². The van der Waals surface area contributed by atoms with Crippen molar-refractivity contribution in [2.75, 3.05) is 32.8 Å². The van der Waals surface area contributed by atoms with E-state index in [4.69, 9.17) is 4.74 Å². The number of rotatable bonds is 9. The lowest BCUT2D eigenvalue weighted by molar-refractivity contribution is -0.130. The van der Waals surface area contributed by atoms with Gasteiger partial charge in [0.05, 0.1) is 30.1 Å². The van der Waals surface area contributed by atoms with Crippen molar-refractivity contribution in [3.63, 3.8) is 0 Å². The Morgan fingerprint density at radius 1 is 1.27 bits per heavy atom. The molecule has 30 heavy (non-hydrogen) atoms. The number of hydrogen-bond donors (Lipinski definition) is 2. The molecule has 0 saturated carbocycles. The lowest BCUT2D eigenvalue weighted by Gasteiger charge is -2.38. The summed E-state index contributed by atoms with van der Waals surface area (Å²) in [6.45, 7) is 6.86. The Morgan fingerprint density at radius 2 is 1.93 bits per heavy atom. The normalized spacial score (nSPS) is 21.7. The lowest BCUT2D eigenvalue weighted by Crippen LogP contribution is -2.60. The summed E-state index contributed by atoms with van der Waals surface area (Å²) < 4.78 is 57.6. The molecule has 2 heterocycles. The van der Waals surface area contributed by atoms with Gasteiger partial charge in [0.15, 0.2) is 0 Å². The number of benzene rings is 1. The highest BCUT2D eigenvalue weighted by atomic mass is 32.2. The Balaban J connectivity index is 1.57. The number of sulfonamides is 2. The van der Waals surface area contributed by atoms with Crippen LogP contribution in [0.25, 0.3) is 0 Å². The van der Waals surface area contributed by atoms with Crippen LogP contribution >= 0.6 is 0 Å². The number of carbonyl (C=O) groups is 1. The summed E-state index contributed by atoms with van der Waals surface area (Å²) >= 11 is 0. The van der Waals surface area contributed by atoms with Crippen LogP contribution in [0.5, 0.6) is 0 Å². The molecule has 9 nitrogen and oxygen atoms in total. The van der Waals surface area contributed by atoms with Crippen molar-refractivity contribution in [3.8, 4) is 0 Å².